The molecule has 1 heterocycles. The summed E-state index contributed by atoms with van der Waals surface area (Å²) in [5.74, 6) is -0.138. The van der Waals surface area contributed by atoms with Gasteiger partial charge in [0.2, 0.25) is 0 Å². The molecule has 0 bridgehead atoms. The van der Waals surface area contributed by atoms with E-state index in [2.05, 4.69) is 6.58 Å². The molecule has 0 atom stereocenters. The number of unbranched alkanes of at least 4 members (excludes halogenated alkanes) is 2. The van der Waals surface area contributed by atoms with Crippen LogP contribution in [-0.2, 0) is 9.59 Å². The van der Waals surface area contributed by atoms with Gasteiger partial charge >= 0.3 is 5.97 Å². The number of carboxylic acids is 1. The van der Waals surface area contributed by atoms with Crippen LogP contribution in [0.15, 0.2) is 41.8 Å². The number of hydrogen-bond acceptors (Lipinski definition) is 5. The largest absolute Gasteiger partial charge is 0.490 e. The van der Waals surface area contributed by atoms with Gasteiger partial charge in [-0.25, -0.2) is 0 Å². The molecular weight excluding hydrogens is 370 g/mol. The summed E-state index contributed by atoms with van der Waals surface area (Å²) in [6, 6.07) is 7.46. The maximum Gasteiger partial charge on any atom is 0.303 e. The molecule has 1 saturated heterocycles. The zero-order valence-corrected chi connectivity index (χ0v) is 16.0. The molecule has 1 aromatic rings. The fourth-order valence-corrected chi connectivity index (χ4v) is 3.69. The van der Waals surface area contributed by atoms with Crippen molar-refractivity contribution in [2.24, 2.45) is 0 Å². The summed E-state index contributed by atoms with van der Waals surface area (Å²) in [6.45, 7) is 4.58. The van der Waals surface area contributed by atoms with Crippen molar-refractivity contribution < 1.29 is 19.4 Å². The van der Waals surface area contributed by atoms with Crippen molar-refractivity contribution in [3.05, 3.63) is 47.4 Å². The Morgan fingerprint density at radius 3 is 2.65 bits per heavy atom. The highest BCUT2D eigenvalue weighted by Gasteiger charge is 2.31. The van der Waals surface area contributed by atoms with E-state index in [9.17, 15) is 9.59 Å². The van der Waals surface area contributed by atoms with Gasteiger partial charge in [-0.15, -0.1) is 0 Å². The predicted molar refractivity (Wildman–Crippen MR) is 108 cm³/mol. The summed E-state index contributed by atoms with van der Waals surface area (Å²) in [7, 11) is 0. The highest BCUT2D eigenvalue weighted by molar-refractivity contribution is 8.26. The number of ether oxygens (including phenoxy) is 1. The summed E-state index contributed by atoms with van der Waals surface area (Å²) in [5, 5.41) is 8.63. The molecule has 0 aromatic heterocycles. The van der Waals surface area contributed by atoms with Crippen LogP contribution in [0.2, 0.25) is 0 Å². The van der Waals surface area contributed by atoms with Gasteiger partial charge in [0.1, 0.15) is 16.7 Å². The first kappa shape index (κ1) is 20.2. The predicted octanol–water partition coefficient (Wildman–Crippen LogP) is 4.10. The maximum absolute atomic E-state index is 12.5. The molecule has 0 unspecified atom stereocenters. The monoisotopic (exact) mass is 391 g/mol. The van der Waals surface area contributed by atoms with Gasteiger partial charge in [0, 0.05) is 13.0 Å². The molecule has 0 aliphatic carbocycles. The van der Waals surface area contributed by atoms with Gasteiger partial charge < -0.3 is 9.84 Å². The smallest absolute Gasteiger partial charge is 0.303 e. The fraction of sp³-hybridized carbons (Fsp3) is 0.316. The topological polar surface area (TPSA) is 66.8 Å². The average Bonchev–Trinajstić information content (AvgIpc) is 2.87. The molecule has 0 saturated carbocycles. The molecule has 5 nitrogen and oxygen atoms in total. The van der Waals surface area contributed by atoms with E-state index in [-0.39, 0.29) is 12.3 Å². The number of amides is 1. The number of carbonyl (C=O) groups is 2. The van der Waals surface area contributed by atoms with Crippen LogP contribution in [0.1, 0.15) is 31.2 Å². The summed E-state index contributed by atoms with van der Waals surface area (Å²) < 4.78 is 5.98. The molecule has 138 valence electrons. The Labute approximate surface area is 162 Å². The SMILES string of the molecule is C=CCOc1ccc(/C=C2\SC(=S)N(CCCCCC(=O)O)C2=O)cc1. The standard InChI is InChI=1S/C19H21NO4S2/c1-2-12-24-15-9-7-14(8-10-15)13-16-18(23)20(19(25)26-16)11-5-3-4-6-17(21)22/h2,7-10,13H,1,3-6,11-12H2,(H,21,22)/b16-13-. The second-order valence-electron chi connectivity index (χ2n) is 5.71. The number of carbonyl (C=O) groups excluding carboxylic acids is 1. The quantitative estimate of drug-likeness (QED) is 0.280. The van der Waals surface area contributed by atoms with Crippen molar-refractivity contribution in [2.75, 3.05) is 13.2 Å². The molecule has 1 aliphatic heterocycles. The van der Waals surface area contributed by atoms with Crippen LogP contribution in [0.5, 0.6) is 5.75 Å². The number of carboxylic acid groups (broad SMARTS) is 1. The zero-order valence-electron chi connectivity index (χ0n) is 14.3. The number of thiocarbonyl (C=S) groups is 1. The third-order valence-corrected chi connectivity index (χ3v) is 5.07. The van der Waals surface area contributed by atoms with Crippen LogP contribution in [0.25, 0.3) is 6.08 Å². The lowest BCUT2D eigenvalue weighted by atomic mass is 10.2. The molecule has 26 heavy (non-hydrogen) atoms. The van der Waals surface area contributed by atoms with Crippen molar-refractivity contribution >= 4 is 46.3 Å². The van der Waals surface area contributed by atoms with Crippen molar-refractivity contribution in [3.63, 3.8) is 0 Å². The van der Waals surface area contributed by atoms with Crippen molar-refractivity contribution in [2.45, 2.75) is 25.7 Å². The lowest BCUT2D eigenvalue weighted by Gasteiger charge is -2.13. The Morgan fingerprint density at radius 2 is 2.00 bits per heavy atom. The van der Waals surface area contributed by atoms with Crippen LogP contribution in [0.3, 0.4) is 0 Å². The summed E-state index contributed by atoms with van der Waals surface area (Å²) in [5.41, 5.74) is 0.901. The van der Waals surface area contributed by atoms with Crippen LogP contribution in [0, 0.1) is 0 Å². The highest BCUT2D eigenvalue weighted by atomic mass is 32.2. The van der Waals surface area contributed by atoms with E-state index in [1.807, 2.05) is 30.3 Å². The lowest BCUT2D eigenvalue weighted by molar-refractivity contribution is -0.137. The third kappa shape index (κ3) is 6.00. The maximum atomic E-state index is 12.5. The number of hydrogen-bond donors (Lipinski definition) is 1. The van der Waals surface area contributed by atoms with Crippen LogP contribution >= 0.6 is 24.0 Å². The summed E-state index contributed by atoms with van der Waals surface area (Å²) in [4.78, 5) is 25.2. The highest BCUT2D eigenvalue weighted by Crippen LogP contribution is 2.33. The van der Waals surface area contributed by atoms with Gasteiger partial charge in [-0.1, -0.05) is 55.2 Å². The Bertz CT molecular complexity index is 713. The average molecular weight is 392 g/mol. The number of rotatable bonds is 10. The minimum Gasteiger partial charge on any atom is -0.490 e. The second kappa shape index (κ2) is 10.1. The summed E-state index contributed by atoms with van der Waals surface area (Å²) in [6.07, 6.45) is 5.77. The Hall–Kier alpha value is -2.12. The van der Waals surface area contributed by atoms with Gasteiger partial charge in [0.15, 0.2) is 0 Å². The molecule has 1 N–H and O–H groups in total. The Morgan fingerprint density at radius 1 is 1.27 bits per heavy atom. The molecule has 1 fully saturated rings. The van der Waals surface area contributed by atoms with Crippen LogP contribution in [-0.4, -0.2) is 39.4 Å². The van der Waals surface area contributed by atoms with E-state index in [1.165, 1.54) is 11.8 Å². The van der Waals surface area contributed by atoms with Gasteiger partial charge in [-0.2, -0.15) is 0 Å². The first-order chi connectivity index (χ1) is 12.5. The van der Waals surface area contributed by atoms with E-state index >= 15 is 0 Å². The van der Waals surface area contributed by atoms with E-state index in [4.69, 9.17) is 22.1 Å². The molecule has 1 aromatic carbocycles. The molecule has 0 radical (unpaired) electrons. The first-order valence-corrected chi connectivity index (χ1v) is 9.54. The minimum absolute atomic E-state index is 0.0924. The number of aliphatic carboxylic acids is 1. The molecular formula is C19H21NO4S2. The number of thioether (sulfide) groups is 1. The first-order valence-electron chi connectivity index (χ1n) is 8.32. The van der Waals surface area contributed by atoms with Crippen LogP contribution in [0.4, 0.5) is 0 Å². The molecule has 2 rings (SSSR count). The second-order valence-corrected chi connectivity index (χ2v) is 7.38. The van der Waals surface area contributed by atoms with Gasteiger partial charge in [0.05, 0.1) is 4.91 Å². The Kier molecular flexibility index (Phi) is 7.87. The third-order valence-electron chi connectivity index (χ3n) is 3.69. The molecule has 0 spiro atoms. The van der Waals surface area contributed by atoms with Crippen molar-refractivity contribution in [1.82, 2.24) is 4.90 Å². The molecule has 1 amide bonds. The van der Waals surface area contributed by atoms with E-state index in [1.54, 1.807) is 11.0 Å². The van der Waals surface area contributed by atoms with E-state index in [0.717, 1.165) is 24.2 Å². The van der Waals surface area contributed by atoms with Crippen molar-refractivity contribution in [3.8, 4) is 5.75 Å². The number of benzene rings is 1. The summed E-state index contributed by atoms with van der Waals surface area (Å²) >= 11 is 6.60. The van der Waals surface area contributed by atoms with Gasteiger partial charge in [-0.3, -0.25) is 14.5 Å². The Balaban J connectivity index is 1.91. The van der Waals surface area contributed by atoms with Gasteiger partial charge in [-0.05, 0) is 36.6 Å². The molecule has 1 aliphatic rings. The lowest BCUT2D eigenvalue weighted by Crippen LogP contribution is -2.29. The zero-order chi connectivity index (χ0) is 18.9. The van der Waals surface area contributed by atoms with Gasteiger partial charge in [0.25, 0.3) is 5.91 Å². The number of nitrogens with zero attached hydrogens (tertiary/aromatic N) is 1. The molecule has 7 heteroatoms. The minimum atomic E-state index is -0.792. The fourth-order valence-electron chi connectivity index (χ4n) is 2.38. The normalized spacial score (nSPS) is 15.5. The van der Waals surface area contributed by atoms with E-state index in [0.29, 0.717) is 28.8 Å². The van der Waals surface area contributed by atoms with Crippen molar-refractivity contribution in [1.29, 1.82) is 0 Å². The van der Waals surface area contributed by atoms with Crippen LogP contribution < -0.4 is 4.74 Å². The van der Waals surface area contributed by atoms with E-state index < -0.39 is 5.97 Å².